The van der Waals surface area contributed by atoms with E-state index in [-0.39, 0.29) is 25.3 Å². The van der Waals surface area contributed by atoms with Crippen molar-refractivity contribution in [3.8, 4) is 0 Å². The second kappa shape index (κ2) is 18.3. The molecule has 214 valence electrons. The molecule has 5 atom stereocenters. The zero-order chi connectivity index (χ0) is 28.5. The van der Waals surface area contributed by atoms with Gasteiger partial charge in [0.1, 0.15) is 12.1 Å². The Morgan fingerprint density at radius 2 is 1.89 bits per heavy atom. The van der Waals surface area contributed by atoms with Gasteiger partial charge in [0.05, 0.1) is 12.2 Å². The minimum atomic E-state index is -1.31. The molecule has 0 aromatic heterocycles. The van der Waals surface area contributed by atoms with Gasteiger partial charge in [-0.1, -0.05) is 57.4 Å². The SMILES string of the molecule is CC(C)CCCCC/C=C/C=C/C(=O)N[C@H](C(=O)N[C@H]1C[C@H](O)CCNC(=O)/C=C\[C@H](C)NC1=O)[C@@H](C)O. The molecular formula is C28H46N4O6. The van der Waals surface area contributed by atoms with Crippen molar-refractivity contribution in [2.45, 2.75) is 103 Å². The van der Waals surface area contributed by atoms with E-state index < -0.39 is 48.1 Å². The quantitative estimate of drug-likeness (QED) is 0.126. The average molecular weight is 535 g/mol. The number of nitrogens with one attached hydrogen (secondary N) is 4. The summed E-state index contributed by atoms with van der Waals surface area (Å²) in [7, 11) is 0. The molecule has 1 heterocycles. The molecule has 38 heavy (non-hydrogen) atoms. The summed E-state index contributed by atoms with van der Waals surface area (Å²) in [4.78, 5) is 49.8. The molecule has 0 aromatic rings. The third kappa shape index (κ3) is 14.7. The number of aliphatic hydroxyl groups excluding tert-OH is 2. The normalized spacial score (nSPS) is 23.7. The van der Waals surface area contributed by atoms with Crippen molar-refractivity contribution < 1.29 is 29.4 Å². The van der Waals surface area contributed by atoms with E-state index in [1.165, 1.54) is 44.4 Å². The fourth-order valence-electron chi connectivity index (χ4n) is 3.82. The van der Waals surface area contributed by atoms with Crippen LogP contribution in [-0.4, -0.2) is 70.7 Å². The topological polar surface area (TPSA) is 157 Å². The minimum absolute atomic E-state index is 0.105. The standard InChI is InChI=1S/C28H46N4O6/c1-19(2)12-10-8-6-5-7-9-11-13-25(36)32-26(21(4)33)28(38)31-23-18-22(34)16-17-29-24(35)15-14-20(3)30-27(23)37/h7,9,11,13-15,19-23,26,33-34H,5-6,8,10,12,16-18H2,1-4H3,(H,29,35)(H,30,37)(H,31,38)(H,32,36)/b9-7+,13-11+,15-14-/t20-,21+,22+,23-,26-/m0/s1. The smallest absolute Gasteiger partial charge is 0.245 e. The molecule has 1 aliphatic rings. The molecule has 0 bridgehead atoms. The molecule has 0 spiro atoms. The lowest BCUT2D eigenvalue weighted by Gasteiger charge is -2.26. The van der Waals surface area contributed by atoms with Crippen LogP contribution in [0.2, 0.25) is 0 Å². The molecule has 1 rings (SSSR count). The maximum absolute atomic E-state index is 12.9. The third-order valence-electron chi connectivity index (χ3n) is 6.03. The van der Waals surface area contributed by atoms with E-state index in [2.05, 4.69) is 35.1 Å². The fraction of sp³-hybridized carbons (Fsp3) is 0.643. The van der Waals surface area contributed by atoms with Crippen molar-refractivity contribution in [3.63, 3.8) is 0 Å². The van der Waals surface area contributed by atoms with E-state index in [1.807, 2.05) is 6.08 Å². The number of unbranched alkanes of at least 4 members (excludes halogenated alkanes) is 3. The number of aliphatic hydroxyl groups is 2. The van der Waals surface area contributed by atoms with Crippen LogP contribution in [0.3, 0.4) is 0 Å². The van der Waals surface area contributed by atoms with Gasteiger partial charge in [-0.05, 0) is 39.0 Å². The molecule has 0 aliphatic carbocycles. The first-order valence-electron chi connectivity index (χ1n) is 13.6. The molecule has 0 fully saturated rings. The van der Waals surface area contributed by atoms with Gasteiger partial charge in [0.2, 0.25) is 23.6 Å². The van der Waals surface area contributed by atoms with Gasteiger partial charge < -0.3 is 31.5 Å². The first-order chi connectivity index (χ1) is 18.0. The van der Waals surface area contributed by atoms with Crippen molar-refractivity contribution in [1.82, 2.24) is 21.3 Å². The number of rotatable bonds is 12. The predicted octanol–water partition coefficient (Wildman–Crippen LogP) is 1.39. The third-order valence-corrected chi connectivity index (χ3v) is 6.03. The molecule has 10 heteroatoms. The first kappa shape index (κ1) is 33.0. The Morgan fingerprint density at radius 3 is 2.58 bits per heavy atom. The lowest BCUT2D eigenvalue weighted by molar-refractivity contribution is -0.134. The minimum Gasteiger partial charge on any atom is -0.393 e. The maximum Gasteiger partial charge on any atom is 0.245 e. The van der Waals surface area contributed by atoms with Crippen molar-refractivity contribution in [2.75, 3.05) is 6.54 Å². The Balaban J connectivity index is 2.70. The summed E-state index contributed by atoms with van der Waals surface area (Å²) in [5.41, 5.74) is 0. The van der Waals surface area contributed by atoms with Crippen molar-refractivity contribution >= 4 is 23.6 Å². The molecular weight excluding hydrogens is 488 g/mol. The molecule has 0 saturated heterocycles. The summed E-state index contributed by atoms with van der Waals surface area (Å²) in [6.07, 6.45) is 12.9. The van der Waals surface area contributed by atoms with E-state index in [0.29, 0.717) is 0 Å². The highest BCUT2D eigenvalue weighted by Gasteiger charge is 2.31. The summed E-state index contributed by atoms with van der Waals surface area (Å²) in [5, 5.41) is 30.8. The van der Waals surface area contributed by atoms with Crippen LogP contribution < -0.4 is 21.3 Å². The predicted molar refractivity (Wildman–Crippen MR) is 147 cm³/mol. The Kier molecular flexibility index (Phi) is 15.9. The average Bonchev–Trinajstić information content (AvgIpc) is 2.83. The molecule has 1 aliphatic heterocycles. The van der Waals surface area contributed by atoms with Gasteiger partial charge in [0, 0.05) is 31.2 Å². The Labute approximate surface area is 226 Å². The van der Waals surface area contributed by atoms with Crippen LogP contribution in [0.4, 0.5) is 0 Å². The van der Waals surface area contributed by atoms with Crippen LogP contribution in [-0.2, 0) is 19.2 Å². The highest BCUT2D eigenvalue weighted by molar-refractivity contribution is 5.95. The number of amides is 4. The highest BCUT2D eigenvalue weighted by Crippen LogP contribution is 2.10. The molecule has 0 aromatic carbocycles. The molecule has 0 unspecified atom stereocenters. The lowest BCUT2D eigenvalue weighted by atomic mass is 10.0. The Bertz CT molecular complexity index is 852. The van der Waals surface area contributed by atoms with E-state index >= 15 is 0 Å². The summed E-state index contributed by atoms with van der Waals surface area (Å²) < 4.78 is 0. The Morgan fingerprint density at radius 1 is 1.16 bits per heavy atom. The number of carbonyl (C=O) groups is 4. The molecule has 0 radical (unpaired) electrons. The molecule has 6 N–H and O–H groups in total. The monoisotopic (exact) mass is 534 g/mol. The van der Waals surface area contributed by atoms with Crippen molar-refractivity contribution in [1.29, 1.82) is 0 Å². The van der Waals surface area contributed by atoms with Crippen LogP contribution in [0.25, 0.3) is 0 Å². The van der Waals surface area contributed by atoms with Gasteiger partial charge >= 0.3 is 0 Å². The molecule has 4 amide bonds. The van der Waals surface area contributed by atoms with Gasteiger partial charge in [-0.3, -0.25) is 19.2 Å². The van der Waals surface area contributed by atoms with Gasteiger partial charge in [-0.15, -0.1) is 0 Å². The second-order valence-electron chi connectivity index (χ2n) is 10.2. The van der Waals surface area contributed by atoms with E-state index in [1.54, 1.807) is 19.1 Å². The zero-order valence-corrected chi connectivity index (χ0v) is 23.1. The van der Waals surface area contributed by atoms with Gasteiger partial charge in [-0.2, -0.15) is 0 Å². The summed E-state index contributed by atoms with van der Waals surface area (Å²) >= 11 is 0. The summed E-state index contributed by atoms with van der Waals surface area (Å²) in [6.45, 7) is 7.65. The second-order valence-corrected chi connectivity index (χ2v) is 10.2. The number of allylic oxidation sites excluding steroid dienone is 3. The number of hydrogen-bond acceptors (Lipinski definition) is 6. The Hall–Kier alpha value is -2.98. The summed E-state index contributed by atoms with van der Waals surface area (Å²) in [6, 6.07) is -2.92. The summed E-state index contributed by atoms with van der Waals surface area (Å²) in [5.74, 6) is -1.49. The highest BCUT2D eigenvalue weighted by atomic mass is 16.3. The van der Waals surface area contributed by atoms with Crippen LogP contribution in [0.5, 0.6) is 0 Å². The molecule has 10 nitrogen and oxygen atoms in total. The maximum atomic E-state index is 12.9. The van der Waals surface area contributed by atoms with Crippen molar-refractivity contribution in [3.05, 3.63) is 36.5 Å². The van der Waals surface area contributed by atoms with Crippen molar-refractivity contribution in [2.24, 2.45) is 5.92 Å². The first-order valence-corrected chi connectivity index (χ1v) is 13.6. The van der Waals surface area contributed by atoms with Gasteiger partial charge in [-0.25, -0.2) is 0 Å². The number of carbonyl (C=O) groups excluding carboxylic acids is 4. The number of hydrogen-bond donors (Lipinski definition) is 6. The van der Waals surface area contributed by atoms with Crippen LogP contribution in [0.15, 0.2) is 36.5 Å². The largest absolute Gasteiger partial charge is 0.393 e. The molecule has 0 saturated carbocycles. The fourth-order valence-corrected chi connectivity index (χ4v) is 3.82. The van der Waals surface area contributed by atoms with E-state index in [0.717, 1.165) is 18.8 Å². The van der Waals surface area contributed by atoms with Crippen LogP contribution in [0.1, 0.15) is 72.6 Å². The zero-order valence-electron chi connectivity index (χ0n) is 23.1. The van der Waals surface area contributed by atoms with Crippen LogP contribution >= 0.6 is 0 Å². The van der Waals surface area contributed by atoms with Crippen LogP contribution in [0, 0.1) is 5.92 Å². The van der Waals surface area contributed by atoms with E-state index in [9.17, 15) is 29.4 Å². The van der Waals surface area contributed by atoms with Gasteiger partial charge in [0.15, 0.2) is 0 Å². The van der Waals surface area contributed by atoms with E-state index in [4.69, 9.17) is 0 Å². The lowest BCUT2D eigenvalue weighted by Crippen LogP contribution is -2.58. The van der Waals surface area contributed by atoms with Gasteiger partial charge in [0.25, 0.3) is 0 Å².